The Bertz CT molecular complexity index is 285. The van der Waals surface area contributed by atoms with Gasteiger partial charge in [-0.3, -0.25) is 4.98 Å². The van der Waals surface area contributed by atoms with Crippen molar-refractivity contribution >= 4 is 13.6 Å². The molecular formula is C11H17NSi. The topological polar surface area (TPSA) is 12.9 Å². The maximum Gasteiger partial charge on any atom is 0.0487 e. The van der Waals surface area contributed by atoms with Gasteiger partial charge in [-0.1, -0.05) is 31.8 Å². The standard InChI is InChI=1S/C11H17NSi/c1-10(9-13(2,3)4)11-5-7-12-8-6-11/h5-8H,1,9H2,2-4H3. The largest absolute Gasteiger partial charge is 0.265 e. The molecule has 0 aliphatic rings. The number of allylic oxidation sites excluding steroid dienone is 1. The van der Waals surface area contributed by atoms with Crippen molar-refractivity contribution in [1.29, 1.82) is 0 Å². The van der Waals surface area contributed by atoms with Gasteiger partial charge in [0.1, 0.15) is 0 Å². The smallest absolute Gasteiger partial charge is 0.0487 e. The Balaban J connectivity index is 2.71. The summed E-state index contributed by atoms with van der Waals surface area (Å²) in [5.74, 6) is 0. The molecule has 1 rings (SSSR count). The van der Waals surface area contributed by atoms with Crippen molar-refractivity contribution in [2.45, 2.75) is 25.7 Å². The van der Waals surface area contributed by atoms with E-state index in [1.165, 1.54) is 11.1 Å². The molecule has 0 bridgehead atoms. The Morgan fingerprint density at radius 3 is 2.31 bits per heavy atom. The average molecular weight is 191 g/mol. The van der Waals surface area contributed by atoms with E-state index in [-0.39, 0.29) is 0 Å². The van der Waals surface area contributed by atoms with Crippen LogP contribution < -0.4 is 0 Å². The van der Waals surface area contributed by atoms with Crippen molar-refractivity contribution in [3.8, 4) is 0 Å². The number of hydrogen-bond acceptors (Lipinski definition) is 1. The Labute approximate surface area is 81.5 Å². The molecule has 1 aromatic rings. The zero-order chi connectivity index (χ0) is 9.90. The lowest BCUT2D eigenvalue weighted by Crippen LogP contribution is -2.19. The third-order valence-electron chi connectivity index (χ3n) is 1.83. The maximum atomic E-state index is 4.12. The summed E-state index contributed by atoms with van der Waals surface area (Å²) in [6, 6.07) is 5.22. The van der Waals surface area contributed by atoms with Gasteiger partial charge in [0.25, 0.3) is 0 Å². The number of nitrogens with zero attached hydrogens (tertiary/aromatic N) is 1. The fourth-order valence-electron chi connectivity index (χ4n) is 1.33. The first-order valence-electron chi connectivity index (χ1n) is 4.57. The Morgan fingerprint density at radius 1 is 1.31 bits per heavy atom. The van der Waals surface area contributed by atoms with Crippen LogP contribution in [-0.4, -0.2) is 13.1 Å². The lowest BCUT2D eigenvalue weighted by atomic mass is 10.1. The van der Waals surface area contributed by atoms with Crippen LogP contribution in [0.5, 0.6) is 0 Å². The highest BCUT2D eigenvalue weighted by atomic mass is 28.3. The Morgan fingerprint density at radius 2 is 1.85 bits per heavy atom. The summed E-state index contributed by atoms with van der Waals surface area (Å²) in [5.41, 5.74) is 2.49. The molecule has 1 nitrogen and oxygen atoms in total. The molecule has 0 amide bonds. The first-order chi connectivity index (χ1) is 5.99. The van der Waals surface area contributed by atoms with Gasteiger partial charge in [0, 0.05) is 20.5 Å². The SMILES string of the molecule is C=C(C[Si](C)(C)C)c1ccncc1. The quantitative estimate of drug-likeness (QED) is 0.667. The van der Waals surface area contributed by atoms with Crippen LogP contribution >= 0.6 is 0 Å². The van der Waals surface area contributed by atoms with Crippen LogP contribution in [0, 0.1) is 0 Å². The predicted octanol–water partition coefficient (Wildman–Crippen LogP) is 3.43. The fourth-order valence-corrected chi connectivity index (χ4v) is 2.81. The second-order valence-corrected chi connectivity index (χ2v) is 10.1. The molecule has 0 saturated heterocycles. The van der Waals surface area contributed by atoms with Gasteiger partial charge in [0.2, 0.25) is 0 Å². The zero-order valence-electron chi connectivity index (χ0n) is 8.67. The van der Waals surface area contributed by atoms with Gasteiger partial charge in [-0.05, 0) is 23.7 Å². The first-order valence-corrected chi connectivity index (χ1v) is 8.28. The van der Waals surface area contributed by atoms with Crippen molar-refractivity contribution in [3.63, 3.8) is 0 Å². The predicted molar refractivity (Wildman–Crippen MR) is 61.4 cm³/mol. The van der Waals surface area contributed by atoms with Crippen LogP contribution in [0.3, 0.4) is 0 Å². The lowest BCUT2D eigenvalue weighted by Gasteiger charge is -2.17. The molecule has 70 valence electrons. The Hall–Kier alpha value is -0.893. The van der Waals surface area contributed by atoms with Crippen LogP contribution in [0.4, 0.5) is 0 Å². The molecule has 0 atom stereocenters. The summed E-state index contributed by atoms with van der Waals surface area (Å²) < 4.78 is 0. The monoisotopic (exact) mass is 191 g/mol. The molecule has 0 N–H and O–H groups in total. The highest BCUT2D eigenvalue weighted by Crippen LogP contribution is 2.22. The molecule has 0 aliphatic heterocycles. The number of rotatable bonds is 3. The maximum absolute atomic E-state index is 4.12. The molecule has 1 heterocycles. The van der Waals surface area contributed by atoms with Gasteiger partial charge < -0.3 is 0 Å². The second-order valence-electron chi connectivity index (χ2n) is 4.58. The third kappa shape index (κ3) is 3.55. The zero-order valence-corrected chi connectivity index (χ0v) is 9.67. The molecule has 0 radical (unpaired) electrons. The summed E-state index contributed by atoms with van der Waals surface area (Å²) >= 11 is 0. The van der Waals surface area contributed by atoms with Crippen LogP contribution in [0.2, 0.25) is 25.7 Å². The van der Waals surface area contributed by atoms with Crippen molar-refractivity contribution in [2.24, 2.45) is 0 Å². The molecule has 0 aliphatic carbocycles. The summed E-state index contributed by atoms with van der Waals surface area (Å²) in [6.07, 6.45) is 3.65. The third-order valence-corrected chi connectivity index (χ3v) is 3.32. The highest BCUT2D eigenvalue weighted by molar-refractivity contribution is 6.77. The van der Waals surface area contributed by atoms with Crippen molar-refractivity contribution in [2.75, 3.05) is 0 Å². The molecule has 0 spiro atoms. The normalized spacial score (nSPS) is 11.3. The van der Waals surface area contributed by atoms with E-state index >= 15 is 0 Å². The van der Waals surface area contributed by atoms with Crippen LogP contribution in [0.1, 0.15) is 5.56 Å². The fraction of sp³-hybridized carbons (Fsp3) is 0.364. The van der Waals surface area contributed by atoms with Gasteiger partial charge in [0.15, 0.2) is 0 Å². The van der Waals surface area contributed by atoms with Crippen molar-refractivity contribution in [1.82, 2.24) is 4.98 Å². The van der Waals surface area contributed by atoms with E-state index in [1.54, 1.807) is 0 Å². The highest BCUT2D eigenvalue weighted by Gasteiger charge is 2.14. The molecule has 0 fully saturated rings. The van der Waals surface area contributed by atoms with E-state index in [0.717, 1.165) is 6.04 Å². The van der Waals surface area contributed by atoms with E-state index in [2.05, 4.69) is 31.2 Å². The van der Waals surface area contributed by atoms with Gasteiger partial charge >= 0.3 is 0 Å². The minimum absolute atomic E-state index is 1.02. The summed E-state index contributed by atoms with van der Waals surface area (Å²) in [5, 5.41) is 0. The molecule has 13 heavy (non-hydrogen) atoms. The average Bonchev–Trinajstić information content (AvgIpc) is 2.03. The number of aromatic nitrogens is 1. The van der Waals surface area contributed by atoms with Gasteiger partial charge in [-0.2, -0.15) is 0 Å². The first kappa shape index (κ1) is 10.2. The van der Waals surface area contributed by atoms with Crippen LogP contribution in [0.25, 0.3) is 5.57 Å². The van der Waals surface area contributed by atoms with E-state index in [9.17, 15) is 0 Å². The number of hydrogen-bond donors (Lipinski definition) is 0. The molecule has 0 aromatic carbocycles. The van der Waals surface area contributed by atoms with Gasteiger partial charge in [0.05, 0.1) is 0 Å². The Kier molecular flexibility index (Phi) is 3.04. The number of pyridine rings is 1. The lowest BCUT2D eigenvalue weighted by molar-refractivity contribution is 1.31. The van der Waals surface area contributed by atoms with Gasteiger partial charge in [-0.15, -0.1) is 0 Å². The van der Waals surface area contributed by atoms with Crippen molar-refractivity contribution < 1.29 is 0 Å². The second kappa shape index (κ2) is 3.88. The van der Waals surface area contributed by atoms with Crippen LogP contribution in [-0.2, 0) is 0 Å². The molecule has 1 aromatic heterocycles. The molecule has 0 unspecified atom stereocenters. The molecular weight excluding hydrogens is 174 g/mol. The molecule has 2 heteroatoms. The summed E-state index contributed by atoms with van der Waals surface area (Å²) in [4.78, 5) is 3.99. The van der Waals surface area contributed by atoms with E-state index in [0.29, 0.717) is 0 Å². The minimum Gasteiger partial charge on any atom is -0.265 e. The summed E-state index contributed by atoms with van der Waals surface area (Å²) in [7, 11) is -1.02. The van der Waals surface area contributed by atoms with E-state index in [1.807, 2.05) is 24.5 Å². The summed E-state index contributed by atoms with van der Waals surface area (Å²) in [6.45, 7) is 11.2. The van der Waals surface area contributed by atoms with E-state index < -0.39 is 8.07 Å². The minimum atomic E-state index is -1.02. The molecule has 0 saturated carbocycles. The van der Waals surface area contributed by atoms with Crippen molar-refractivity contribution in [3.05, 3.63) is 36.7 Å². The van der Waals surface area contributed by atoms with E-state index in [4.69, 9.17) is 0 Å². The van der Waals surface area contributed by atoms with Gasteiger partial charge in [-0.25, -0.2) is 0 Å². The van der Waals surface area contributed by atoms with Crippen LogP contribution in [0.15, 0.2) is 31.1 Å².